The second kappa shape index (κ2) is 16.0. The minimum Gasteiger partial charge on any atom is -0.354 e. The molecule has 5 aromatic carbocycles. The Bertz CT molecular complexity index is 1840. The molecule has 0 bridgehead atoms. The summed E-state index contributed by atoms with van der Waals surface area (Å²) in [6.07, 6.45) is 1.28. The van der Waals surface area contributed by atoms with E-state index in [-0.39, 0.29) is 30.2 Å². The van der Waals surface area contributed by atoms with Crippen LogP contribution in [0.25, 0.3) is 10.8 Å². The van der Waals surface area contributed by atoms with Crippen molar-refractivity contribution >= 4 is 28.5 Å². The zero-order chi connectivity index (χ0) is 34.0. The largest absolute Gasteiger partial charge is 0.354 e. The maximum absolute atomic E-state index is 14.6. The van der Waals surface area contributed by atoms with Crippen LogP contribution in [0.4, 0.5) is 0 Å². The van der Waals surface area contributed by atoms with E-state index in [4.69, 9.17) is 5.73 Å². The first-order valence-electron chi connectivity index (χ1n) is 16.4. The number of amides is 3. The monoisotopic (exact) mass is 640 g/mol. The number of benzene rings is 5. The molecule has 0 heterocycles. The van der Waals surface area contributed by atoms with E-state index in [1.165, 1.54) is 9.80 Å². The van der Waals surface area contributed by atoms with Crippen molar-refractivity contribution in [2.75, 3.05) is 20.6 Å². The number of hydrogen-bond acceptors (Lipinski definition) is 4. The summed E-state index contributed by atoms with van der Waals surface area (Å²) in [6.45, 7) is 2.30. The summed E-state index contributed by atoms with van der Waals surface area (Å²) >= 11 is 0. The molecule has 0 fully saturated rings. The average Bonchev–Trinajstić information content (AvgIpc) is 3.12. The maximum Gasteiger partial charge on any atom is 0.254 e. The summed E-state index contributed by atoms with van der Waals surface area (Å²) in [7, 11) is 3.32. The van der Waals surface area contributed by atoms with Crippen LogP contribution in [0.3, 0.4) is 0 Å². The molecule has 5 rings (SSSR count). The highest BCUT2D eigenvalue weighted by Crippen LogP contribution is 2.22. The summed E-state index contributed by atoms with van der Waals surface area (Å²) in [4.78, 5) is 45.5. The van der Waals surface area contributed by atoms with Crippen molar-refractivity contribution in [3.8, 4) is 0 Å². The van der Waals surface area contributed by atoms with Gasteiger partial charge in [0.25, 0.3) is 5.91 Å². The third-order valence-electron chi connectivity index (χ3n) is 8.92. The highest BCUT2D eigenvalue weighted by molar-refractivity contribution is 5.98. The van der Waals surface area contributed by atoms with Gasteiger partial charge in [-0.2, -0.15) is 0 Å². The van der Waals surface area contributed by atoms with Gasteiger partial charge in [-0.25, -0.2) is 0 Å². The second-order valence-corrected chi connectivity index (χ2v) is 12.4. The molecule has 0 aliphatic rings. The Labute approximate surface area is 283 Å². The zero-order valence-corrected chi connectivity index (χ0v) is 27.9. The minimum absolute atomic E-state index is 0.242. The standard InChI is InChI=1S/C41H44N4O3/c1-29(42)34-19-12-20-36(28-34)40(47)45(3)38(27-32-21-22-33-17-10-11-18-35(33)25-32)41(48)44(2)37(26-31-15-8-5-9-16-31)39(46)43-24-23-30-13-6-4-7-14-30/h4-22,25,28-29,37-38H,23-24,26-27,42H2,1-3H3,(H,43,46)/t29?,37-,38-/m1/s1. The smallest absolute Gasteiger partial charge is 0.254 e. The van der Waals surface area contributed by atoms with E-state index in [0.29, 0.717) is 24.9 Å². The Hall–Kier alpha value is -5.27. The highest BCUT2D eigenvalue weighted by atomic mass is 16.2. The minimum atomic E-state index is -0.877. The Kier molecular flexibility index (Phi) is 11.4. The molecule has 48 heavy (non-hydrogen) atoms. The van der Waals surface area contributed by atoms with Crippen molar-refractivity contribution in [2.24, 2.45) is 5.73 Å². The SMILES string of the molecule is CC(N)c1cccc(C(=O)N(C)[C@H](Cc2ccc3ccccc3c2)C(=O)N(C)[C@H](Cc2ccccc2)C(=O)NCCc2ccccc2)c1. The molecule has 0 spiro atoms. The normalized spacial score (nSPS) is 12.9. The van der Waals surface area contributed by atoms with Crippen molar-refractivity contribution < 1.29 is 14.4 Å². The quantitative estimate of drug-likeness (QED) is 0.166. The van der Waals surface area contributed by atoms with Crippen molar-refractivity contribution in [2.45, 2.75) is 44.3 Å². The van der Waals surface area contributed by atoms with Gasteiger partial charge < -0.3 is 20.9 Å². The number of hydrogen-bond donors (Lipinski definition) is 2. The second-order valence-electron chi connectivity index (χ2n) is 12.4. The fourth-order valence-corrected chi connectivity index (χ4v) is 6.00. The highest BCUT2D eigenvalue weighted by Gasteiger charge is 2.35. The third kappa shape index (κ3) is 8.55. The summed E-state index contributed by atoms with van der Waals surface area (Å²) in [6, 6.07) is 39.1. The fraction of sp³-hybridized carbons (Fsp3) is 0.244. The Morgan fingerprint density at radius 1 is 0.646 bits per heavy atom. The van der Waals surface area contributed by atoms with Gasteiger partial charge in [0.15, 0.2) is 0 Å². The topological polar surface area (TPSA) is 95.7 Å². The van der Waals surface area contributed by atoms with Gasteiger partial charge in [-0.3, -0.25) is 14.4 Å². The van der Waals surface area contributed by atoms with E-state index in [2.05, 4.69) is 11.4 Å². The number of likely N-dealkylation sites (N-methyl/N-ethyl adjacent to an activating group) is 2. The molecule has 0 radical (unpaired) electrons. The van der Waals surface area contributed by atoms with Gasteiger partial charge in [0.2, 0.25) is 11.8 Å². The number of carbonyl (C=O) groups is 3. The molecule has 0 aliphatic heterocycles. The van der Waals surface area contributed by atoms with Gasteiger partial charge in [0, 0.05) is 45.1 Å². The maximum atomic E-state index is 14.6. The Balaban J connectivity index is 1.45. The van der Waals surface area contributed by atoms with Crippen LogP contribution in [0, 0.1) is 0 Å². The predicted octanol–water partition coefficient (Wildman–Crippen LogP) is 5.97. The molecule has 0 saturated heterocycles. The molecular formula is C41H44N4O3. The average molecular weight is 641 g/mol. The lowest BCUT2D eigenvalue weighted by atomic mass is 9.97. The predicted molar refractivity (Wildman–Crippen MR) is 192 cm³/mol. The van der Waals surface area contributed by atoms with Gasteiger partial charge >= 0.3 is 0 Å². The van der Waals surface area contributed by atoms with Gasteiger partial charge in [-0.1, -0.05) is 115 Å². The summed E-state index contributed by atoms with van der Waals surface area (Å²) < 4.78 is 0. The van der Waals surface area contributed by atoms with E-state index in [1.54, 1.807) is 26.2 Å². The van der Waals surface area contributed by atoms with Gasteiger partial charge in [0.05, 0.1) is 0 Å². The molecular weight excluding hydrogens is 596 g/mol. The summed E-state index contributed by atoms with van der Waals surface area (Å²) in [5, 5.41) is 5.21. The molecule has 1 unspecified atom stereocenters. The number of carbonyl (C=O) groups excluding carboxylic acids is 3. The lowest BCUT2D eigenvalue weighted by Crippen LogP contribution is -2.56. The zero-order valence-electron chi connectivity index (χ0n) is 27.9. The molecule has 0 saturated carbocycles. The summed E-state index contributed by atoms with van der Waals surface area (Å²) in [5.41, 5.74) is 10.4. The molecule has 3 N–H and O–H groups in total. The number of nitrogens with one attached hydrogen (secondary N) is 1. The van der Waals surface area contributed by atoms with Crippen LogP contribution in [-0.4, -0.2) is 60.2 Å². The van der Waals surface area contributed by atoms with Crippen LogP contribution < -0.4 is 11.1 Å². The Morgan fingerprint density at radius 3 is 1.96 bits per heavy atom. The first kappa shape index (κ1) is 34.1. The molecule has 7 heteroatoms. The van der Waals surface area contributed by atoms with Crippen molar-refractivity contribution in [1.82, 2.24) is 15.1 Å². The first-order valence-corrected chi connectivity index (χ1v) is 16.4. The molecule has 3 atom stereocenters. The van der Waals surface area contributed by atoms with Crippen LogP contribution in [0.1, 0.15) is 45.6 Å². The number of nitrogens with zero attached hydrogens (tertiary/aromatic N) is 2. The van der Waals surface area contributed by atoms with Crippen LogP contribution in [-0.2, 0) is 28.9 Å². The third-order valence-corrected chi connectivity index (χ3v) is 8.92. The lowest BCUT2D eigenvalue weighted by Gasteiger charge is -2.35. The van der Waals surface area contributed by atoms with E-state index >= 15 is 0 Å². The van der Waals surface area contributed by atoms with Crippen molar-refractivity contribution in [1.29, 1.82) is 0 Å². The van der Waals surface area contributed by atoms with Gasteiger partial charge in [-0.05, 0) is 58.5 Å². The molecule has 246 valence electrons. The van der Waals surface area contributed by atoms with Gasteiger partial charge in [-0.15, -0.1) is 0 Å². The van der Waals surface area contributed by atoms with Gasteiger partial charge in [0.1, 0.15) is 12.1 Å². The molecule has 5 aromatic rings. The summed E-state index contributed by atoms with van der Waals surface area (Å²) in [5.74, 6) is -0.854. The van der Waals surface area contributed by atoms with Crippen molar-refractivity contribution in [3.63, 3.8) is 0 Å². The van der Waals surface area contributed by atoms with Crippen molar-refractivity contribution in [3.05, 3.63) is 155 Å². The molecule has 0 aliphatic carbocycles. The molecule has 0 aromatic heterocycles. The number of fused-ring (bicyclic) bond motifs is 1. The van der Waals surface area contributed by atoms with Crippen LogP contribution in [0.2, 0.25) is 0 Å². The van der Waals surface area contributed by atoms with E-state index in [9.17, 15) is 14.4 Å². The van der Waals surface area contributed by atoms with Crippen LogP contribution >= 0.6 is 0 Å². The van der Waals surface area contributed by atoms with E-state index in [1.807, 2.05) is 116 Å². The van der Waals surface area contributed by atoms with Crippen LogP contribution in [0.15, 0.2) is 127 Å². The number of nitrogens with two attached hydrogens (primary N) is 1. The number of rotatable bonds is 13. The van der Waals surface area contributed by atoms with E-state index < -0.39 is 12.1 Å². The fourth-order valence-electron chi connectivity index (χ4n) is 6.00. The van der Waals surface area contributed by atoms with Crippen LogP contribution in [0.5, 0.6) is 0 Å². The van der Waals surface area contributed by atoms with E-state index in [0.717, 1.165) is 33.0 Å². The lowest BCUT2D eigenvalue weighted by molar-refractivity contribution is -0.142. The molecule has 3 amide bonds. The molecule has 7 nitrogen and oxygen atoms in total. The first-order chi connectivity index (χ1) is 23.2. The Morgan fingerprint density at radius 2 is 1.27 bits per heavy atom.